The van der Waals surface area contributed by atoms with E-state index in [1.54, 1.807) is 7.11 Å². The number of hydrogen-bond acceptors (Lipinski definition) is 5. The minimum Gasteiger partial charge on any atom is -0.388 e. The Kier molecular flexibility index (Phi) is 7.68. The zero-order valence-electron chi connectivity index (χ0n) is 18.3. The van der Waals surface area contributed by atoms with E-state index in [0.717, 1.165) is 16.7 Å². The molecule has 32 heavy (non-hydrogen) atoms. The molecule has 5 heteroatoms. The molecule has 1 fully saturated rings. The summed E-state index contributed by atoms with van der Waals surface area (Å²) in [6.45, 7) is 0.739. The molecule has 0 aromatic heterocycles. The van der Waals surface area contributed by atoms with Crippen molar-refractivity contribution in [1.82, 2.24) is 0 Å². The predicted molar refractivity (Wildman–Crippen MR) is 124 cm³/mol. The maximum absolute atomic E-state index is 11.3. The van der Waals surface area contributed by atoms with Crippen LogP contribution in [0, 0.1) is 0 Å². The quantitative estimate of drug-likeness (QED) is 0.567. The average molecular weight is 434 g/mol. The molecule has 0 radical (unpaired) electrons. The number of benzene rings is 3. The summed E-state index contributed by atoms with van der Waals surface area (Å²) in [7, 11) is 1.61. The van der Waals surface area contributed by atoms with Crippen LogP contribution in [-0.4, -0.2) is 42.7 Å². The summed E-state index contributed by atoms with van der Waals surface area (Å²) in [6.07, 6.45) is -2.54. The maximum atomic E-state index is 11.3. The first-order valence-electron chi connectivity index (χ1n) is 11.0. The number of methoxy groups -OCH3 is 1. The van der Waals surface area contributed by atoms with E-state index < -0.39 is 30.5 Å². The van der Waals surface area contributed by atoms with Crippen LogP contribution in [0.25, 0.3) is 0 Å². The van der Waals surface area contributed by atoms with Gasteiger partial charge in [-0.15, -0.1) is 0 Å². The summed E-state index contributed by atoms with van der Waals surface area (Å²) in [4.78, 5) is 0. The van der Waals surface area contributed by atoms with Gasteiger partial charge >= 0.3 is 0 Å². The number of nitrogens with two attached hydrogens (primary N) is 1. The number of ether oxygens (including phenoxy) is 3. The number of hydrogen-bond donors (Lipinski definition) is 2. The van der Waals surface area contributed by atoms with Crippen LogP contribution in [0.4, 0.5) is 0 Å². The summed E-state index contributed by atoms with van der Waals surface area (Å²) in [5.74, 6) is -0.228. The third kappa shape index (κ3) is 5.09. The number of aliphatic hydroxyl groups is 1. The Morgan fingerprint density at radius 2 is 1.16 bits per heavy atom. The van der Waals surface area contributed by atoms with Crippen molar-refractivity contribution in [1.29, 1.82) is 0 Å². The lowest BCUT2D eigenvalue weighted by atomic mass is 9.73. The van der Waals surface area contributed by atoms with Crippen LogP contribution in [0.15, 0.2) is 91.0 Å². The molecule has 0 bridgehead atoms. The van der Waals surface area contributed by atoms with Crippen molar-refractivity contribution in [3.8, 4) is 0 Å². The summed E-state index contributed by atoms with van der Waals surface area (Å²) in [6, 6.07) is 29.4. The lowest BCUT2D eigenvalue weighted by Gasteiger charge is -2.47. The highest BCUT2D eigenvalue weighted by Gasteiger charge is 2.51. The fourth-order valence-electron chi connectivity index (χ4n) is 4.54. The Morgan fingerprint density at radius 3 is 1.66 bits per heavy atom. The minimum absolute atomic E-state index is 0.228. The highest BCUT2D eigenvalue weighted by atomic mass is 16.6. The van der Waals surface area contributed by atoms with E-state index in [4.69, 9.17) is 19.9 Å². The first-order chi connectivity index (χ1) is 15.7. The van der Waals surface area contributed by atoms with Gasteiger partial charge in [0.15, 0.2) is 0 Å². The van der Waals surface area contributed by atoms with Crippen LogP contribution in [0.2, 0.25) is 0 Å². The van der Waals surface area contributed by atoms with Crippen molar-refractivity contribution >= 4 is 0 Å². The van der Waals surface area contributed by atoms with Gasteiger partial charge in [-0.1, -0.05) is 91.0 Å². The van der Waals surface area contributed by atoms with Crippen LogP contribution < -0.4 is 5.73 Å². The van der Waals surface area contributed by atoms with Gasteiger partial charge in [0.05, 0.1) is 19.3 Å². The zero-order chi connectivity index (χ0) is 22.3. The number of aliphatic hydroxyl groups excluding tert-OH is 1. The average Bonchev–Trinajstić information content (AvgIpc) is 2.85. The molecule has 0 unspecified atom stereocenters. The van der Waals surface area contributed by atoms with Gasteiger partial charge in [0.25, 0.3) is 0 Å². The fraction of sp³-hybridized carbons (Fsp3) is 0.333. The lowest BCUT2D eigenvalue weighted by molar-refractivity contribution is -0.200. The molecular formula is C27H31NO4. The van der Waals surface area contributed by atoms with Crippen molar-refractivity contribution in [2.45, 2.75) is 49.6 Å². The van der Waals surface area contributed by atoms with Gasteiger partial charge in [0.2, 0.25) is 0 Å². The van der Waals surface area contributed by atoms with Crippen LogP contribution in [-0.2, 0) is 27.4 Å². The third-order valence-corrected chi connectivity index (χ3v) is 6.17. The Bertz CT molecular complexity index is 938. The van der Waals surface area contributed by atoms with Crippen molar-refractivity contribution in [3.05, 3.63) is 108 Å². The highest BCUT2D eigenvalue weighted by molar-refractivity contribution is 5.27. The van der Waals surface area contributed by atoms with Gasteiger partial charge < -0.3 is 25.1 Å². The smallest absolute Gasteiger partial charge is 0.114 e. The second-order valence-electron chi connectivity index (χ2n) is 8.23. The Labute approximate surface area is 189 Å². The van der Waals surface area contributed by atoms with E-state index in [9.17, 15) is 5.11 Å². The standard InChI is InChI=1S/C27H31NO4/c1-30-25-22(21-15-9-4-10-16-21)23(28)26(31-17-19-11-5-2-6-12-19)27(24(25)29)32-18-20-13-7-3-8-14-20/h2-16,22-27,29H,17-18,28H2,1H3/t22-,23-,24+,25-,26+,27-/m1/s1. The van der Waals surface area contributed by atoms with E-state index in [1.165, 1.54) is 0 Å². The van der Waals surface area contributed by atoms with Gasteiger partial charge in [-0.25, -0.2) is 0 Å². The van der Waals surface area contributed by atoms with Crippen molar-refractivity contribution in [3.63, 3.8) is 0 Å². The van der Waals surface area contributed by atoms with E-state index >= 15 is 0 Å². The normalized spacial score (nSPS) is 27.8. The summed E-state index contributed by atoms with van der Waals surface area (Å²) in [5, 5.41) is 11.3. The molecule has 5 nitrogen and oxygen atoms in total. The molecule has 0 spiro atoms. The summed E-state index contributed by atoms with van der Waals surface area (Å²) >= 11 is 0. The van der Waals surface area contributed by atoms with Gasteiger partial charge in [0.1, 0.15) is 18.3 Å². The Morgan fingerprint density at radius 1 is 0.688 bits per heavy atom. The van der Waals surface area contributed by atoms with Crippen molar-refractivity contribution in [2.75, 3.05) is 7.11 Å². The molecule has 3 aromatic carbocycles. The summed E-state index contributed by atoms with van der Waals surface area (Å²) < 4.78 is 18.3. The predicted octanol–water partition coefficient (Wildman–Crippen LogP) is 3.66. The van der Waals surface area contributed by atoms with Gasteiger partial charge in [-0.2, -0.15) is 0 Å². The maximum Gasteiger partial charge on any atom is 0.114 e. The first kappa shape index (κ1) is 22.6. The van der Waals surface area contributed by atoms with E-state index in [2.05, 4.69) is 0 Å². The molecule has 0 aliphatic heterocycles. The Balaban J connectivity index is 1.60. The molecular weight excluding hydrogens is 402 g/mol. The van der Waals surface area contributed by atoms with Gasteiger partial charge in [-0.05, 0) is 16.7 Å². The van der Waals surface area contributed by atoms with Crippen molar-refractivity contribution in [2.24, 2.45) is 5.73 Å². The Hall–Kier alpha value is -2.54. The highest BCUT2D eigenvalue weighted by Crippen LogP contribution is 2.38. The largest absolute Gasteiger partial charge is 0.388 e. The second kappa shape index (κ2) is 10.9. The summed E-state index contributed by atoms with van der Waals surface area (Å²) in [5.41, 5.74) is 9.89. The molecule has 1 saturated carbocycles. The SMILES string of the molecule is CO[C@H]1[C@H](O)[C@@H](OCc2ccccc2)[C@@H](OCc2ccccc2)[C@H](N)[C@H]1c1ccccc1. The third-order valence-electron chi connectivity index (χ3n) is 6.17. The molecule has 6 atom stereocenters. The van der Waals surface area contributed by atoms with E-state index in [0.29, 0.717) is 13.2 Å². The molecule has 0 heterocycles. The van der Waals surface area contributed by atoms with Gasteiger partial charge in [-0.3, -0.25) is 0 Å². The molecule has 0 amide bonds. The van der Waals surface area contributed by atoms with Gasteiger partial charge in [0, 0.05) is 19.1 Å². The second-order valence-corrected chi connectivity index (χ2v) is 8.23. The molecule has 4 rings (SSSR count). The number of rotatable bonds is 8. The fourth-order valence-corrected chi connectivity index (χ4v) is 4.54. The zero-order valence-corrected chi connectivity index (χ0v) is 18.3. The van der Waals surface area contributed by atoms with E-state index in [1.807, 2.05) is 91.0 Å². The first-order valence-corrected chi connectivity index (χ1v) is 11.0. The molecule has 0 saturated heterocycles. The van der Waals surface area contributed by atoms with Crippen molar-refractivity contribution < 1.29 is 19.3 Å². The van der Waals surface area contributed by atoms with Crippen LogP contribution in [0.3, 0.4) is 0 Å². The minimum atomic E-state index is -0.894. The van der Waals surface area contributed by atoms with E-state index in [-0.39, 0.29) is 5.92 Å². The molecule has 168 valence electrons. The molecule has 3 N–H and O–H groups in total. The topological polar surface area (TPSA) is 73.9 Å². The molecule has 3 aromatic rings. The monoisotopic (exact) mass is 433 g/mol. The lowest BCUT2D eigenvalue weighted by Crippen LogP contribution is -2.64. The molecule has 1 aliphatic rings. The van der Waals surface area contributed by atoms with Crippen LogP contribution in [0.1, 0.15) is 22.6 Å². The van der Waals surface area contributed by atoms with Crippen LogP contribution >= 0.6 is 0 Å². The molecule has 1 aliphatic carbocycles. The van der Waals surface area contributed by atoms with Crippen LogP contribution in [0.5, 0.6) is 0 Å².